The van der Waals surface area contributed by atoms with E-state index < -0.39 is 16.1 Å². The lowest BCUT2D eigenvalue weighted by atomic mass is 9.97. The first-order valence-corrected chi connectivity index (χ1v) is 12.9. The summed E-state index contributed by atoms with van der Waals surface area (Å²) in [7, 11) is -3.71. The molecule has 0 aliphatic carbocycles. The first-order chi connectivity index (χ1) is 15.9. The highest BCUT2D eigenvalue weighted by Gasteiger charge is 2.34. The molecule has 1 unspecified atom stereocenters. The molecule has 182 valence electrons. The van der Waals surface area contributed by atoms with Crippen molar-refractivity contribution in [3.63, 3.8) is 0 Å². The molecule has 2 saturated heterocycles. The number of hydrogen-bond donors (Lipinski definition) is 1. The number of carbonyl (C=O) groups is 2. The van der Waals surface area contributed by atoms with Crippen LogP contribution in [0.1, 0.15) is 26.2 Å². The summed E-state index contributed by atoms with van der Waals surface area (Å²) in [6, 6.07) is 4.04. The van der Waals surface area contributed by atoms with Crippen molar-refractivity contribution in [3.05, 3.63) is 18.2 Å². The third-order valence-electron chi connectivity index (χ3n) is 6.23. The molecule has 3 heterocycles. The predicted molar refractivity (Wildman–Crippen MR) is 119 cm³/mol. The van der Waals surface area contributed by atoms with E-state index in [-0.39, 0.29) is 35.7 Å². The summed E-state index contributed by atoms with van der Waals surface area (Å²) >= 11 is 0. The molecule has 11 heteroatoms. The maximum atomic E-state index is 13.1. The van der Waals surface area contributed by atoms with Crippen LogP contribution in [-0.2, 0) is 24.3 Å². The molecule has 0 radical (unpaired) electrons. The molecular weight excluding hydrogens is 450 g/mol. The summed E-state index contributed by atoms with van der Waals surface area (Å²) in [6.45, 7) is 5.21. The Morgan fingerprint density at radius 3 is 2.36 bits per heavy atom. The first kappa shape index (κ1) is 23.8. The van der Waals surface area contributed by atoms with Crippen molar-refractivity contribution < 1.29 is 32.2 Å². The van der Waals surface area contributed by atoms with Crippen molar-refractivity contribution in [1.29, 1.82) is 0 Å². The topological polar surface area (TPSA) is 114 Å². The summed E-state index contributed by atoms with van der Waals surface area (Å²) in [6.07, 6.45) is 1.53. The van der Waals surface area contributed by atoms with Crippen LogP contribution in [0.2, 0.25) is 0 Å². The van der Waals surface area contributed by atoms with Gasteiger partial charge in [-0.05, 0) is 31.9 Å². The molecule has 1 aromatic carbocycles. The van der Waals surface area contributed by atoms with Crippen LogP contribution < -0.4 is 14.8 Å². The van der Waals surface area contributed by atoms with E-state index in [0.29, 0.717) is 63.9 Å². The number of hydrogen-bond acceptors (Lipinski definition) is 7. The van der Waals surface area contributed by atoms with Crippen LogP contribution >= 0.6 is 0 Å². The third kappa shape index (κ3) is 5.42. The minimum absolute atomic E-state index is 0.124. The Kier molecular flexibility index (Phi) is 7.40. The number of nitrogens with zero attached hydrogens (tertiary/aromatic N) is 2. The smallest absolute Gasteiger partial charge is 0.245 e. The van der Waals surface area contributed by atoms with Gasteiger partial charge in [-0.2, -0.15) is 4.31 Å². The highest BCUT2D eigenvalue weighted by molar-refractivity contribution is 7.89. The fourth-order valence-electron chi connectivity index (χ4n) is 4.26. The number of benzene rings is 1. The Morgan fingerprint density at radius 2 is 1.67 bits per heavy atom. The summed E-state index contributed by atoms with van der Waals surface area (Å²) in [5, 5.41) is 2.80. The maximum absolute atomic E-state index is 13.1. The molecule has 33 heavy (non-hydrogen) atoms. The number of rotatable bonds is 5. The molecule has 3 aliphatic heterocycles. The van der Waals surface area contributed by atoms with Crippen molar-refractivity contribution in [2.45, 2.75) is 37.1 Å². The number of amides is 2. The molecule has 0 spiro atoms. The van der Waals surface area contributed by atoms with Gasteiger partial charge in [0.15, 0.2) is 11.5 Å². The number of fused-ring (bicyclic) bond motifs is 1. The SMILES string of the molecule is CC(NC(=O)C1CCN(S(=O)(=O)c2ccc3c(c2)OCCCO3)CC1)C(=O)N1CCOCC1. The monoisotopic (exact) mass is 481 g/mol. The third-order valence-corrected chi connectivity index (χ3v) is 8.13. The quantitative estimate of drug-likeness (QED) is 0.655. The molecule has 0 aromatic heterocycles. The minimum Gasteiger partial charge on any atom is -0.490 e. The zero-order valence-corrected chi connectivity index (χ0v) is 19.6. The maximum Gasteiger partial charge on any atom is 0.245 e. The number of nitrogens with one attached hydrogen (secondary N) is 1. The zero-order chi connectivity index (χ0) is 23.4. The Morgan fingerprint density at radius 1 is 1.00 bits per heavy atom. The fraction of sp³-hybridized carbons (Fsp3) is 0.636. The van der Waals surface area contributed by atoms with Crippen LogP contribution in [0.4, 0.5) is 0 Å². The largest absolute Gasteiger partial charge is 0.490 e. The van der Waals surface area contributed by atoms with Gasteiger partial charge in [-0.15, -0.1) is 0 Å². The van der Waals surface area contributed by atoms with Crippen LogP contribution in [-0.4, -0.2) is 88.1 Å². The molecule has 0 saturated carbocycles. The Hall–Kier alpha value is -2.37. The first-order valence-electron chi connectivity index (χ1n) is 11.4. The Bertz CT molecular complexity index is 970. The van der Waals surface area contributed by atoms with Crippen LogP contribution in [0.3, 0.4) is 0 Å². The Labute approximate surface area is 194 Å². The van der Waals surface area contributed by atoms with Crippen LogP contribution in [0.5, 0.6) is 11.5 Å². The van der Waals surface area contributed by atoms with Gasteiger partial charge >= 0.3 is 0 Å². The van der Waals surface area contributed by atoms with Crippen LogP contribution in [0.15, 0.2) is 23.1 Å². The van der Waals surface area contributed by atoms with Gasteiger partial charge in [0.1, 0.15) is 6.04 Å². The molecule has 4 rings (SSSR count). The van der Waals surface area contributed by atoms with Gasteiger partial charge in [0.2, 0.25) is 21.8 Å². The van der Waals surface area contributed by atoms with E-state index in [1.807, 2.05) is 0 Å². The van der Waals surface area contributed by atoms with E-state index in [9.17, 15) is 18.0 Å². The van der Waals surface area contributed by atoms with Gasteiger partial charge in [-0.3, -0.25) is 9.59 Å². The van der Waals surface area contributed by atoms with Crippen LogP contribution in [0.25, 0.3) is 0 Å². The molecule has 1 aromatic rings. The molecule has 10 nitrogen and oxygen atoms in total. The van der Waals surface area contributed by atoms with Gasteiger partial charge in [-0.25, -0.2) is 8.42 Å². The highest BCUT2D eigenvalue weighted by Crippen LogP contribution is 2.33. The lowest BCUT2D eigenvalue weighted by molar-refractivity contribution is -0.140. The second kappa shape index (κ2) is 10.3. The van der Waals surface area contributed by atoms with E-state index >= 15 is 0 Å². The van der Waals surface area contributed by atoms with Crippen molar-refractivity contribution >= 4 is 21.8 Å². The molecular formula is C22H31N3O7S. The highest BCUT2D eigenvalue weighted by atomic mass is 32.2. The van der Waals surface area contributed by atoms with E-state index in [4.69, 9.17) is 14.2 Å². The molecule has 0 bridgehead atoms. The van der Waals surface area contributed by atoms with E-state index in [1.165, 1.54) is 16.4 Å². The summed E-state index contributed by atoms with van der Waals surface area (Å²) in [4.78, 5) is 27.1. The van der Waals surface area contributed by atoms with Crippen molar-refractivity contribution in [3.8, 4) is 11.5 Å². The van der Waals surface area contributed by atoms with Gasteiger partial charge in [-0.1, -0.05) is 0 Å². The van der Waals surface area contributed by atoms with Gasteiger partial charge in [0.25, 0.3) is 0 Å². The number of sulfonamides is 1. The van der Waals surface area contributed by atoms with Gasteiger partial charge < -0.3 is 24.4 Å². The molecule has 2 amide bonds. The standard InChI is InChI=1S/C22H31N3O7S/c1-16(22(27)24-9-13-30-14-10-24)23-21(26)17-5-7-25(8-6-17)33(28,29)18-3-4-19-20(15-18)32-12-2-11-31-19/h3-4,15-17H,2,5-14H2,1H3,(H,23,26). The predicted octanol–water partition coefficient (Wildman–Crippen LogP) is 0.612. The van der Waals surface area contributed by atoms with Crippen molar-refractivity contribution in [2.75, 3.05) is 52.6 Å². The van der Waals surface area contributed by atoms with Gasteiger partial charge in [0.05, 0.1) is 31.3 Å². The number of carbonyl (C=O) groups excluding carboxylic acids is 2. The van der Waals surface area contributed by atoms with E-state index in [0.717, 1.165) is 6.42 Å². The second-order valence-corrected chi connectivity index (χ2v) is 10.4. The minimum atomic E-state index is -3.71. The molecule has 2 fully saturated rings. The molecule has 1 atom stereocenters. The summed E-state index contributed by atoms with van der Waals surface area (Å²) in [5.74, 6) is 0.308. The summed E-state index contributed by atoms with van der Waals surface area (Å²) < 4.78 is 44.2. The molecule has 3 aliphatic rings. The molecule has 1 N–H and O–H groups in total. The fourth-order valence-corrected chi connectivity index (χ4v) is 5.75. The normalized spacial score (nSPS) is 21.2. The number of morpholine rings is 1. The van der Waals surface area contributed by atoms with Gasteiger partial charge in [0, 0.05) is 44.6 Å². The lowest BCUT2D eigenvalue weighted by Gasteiger charge is -2.32. The van der Waals surface area contributed by atoms with Crippen molar-refractivity contribution in [2.24, 2.45) is 5.92 Å². The zero-order valence-electron chi connectivity index (χ0n) is 18.8. The van der Waals surface area contributed by atoms with E-state index in [2.05, 4.69) is 5.32 Å². The Balaban J connectivity index is 1.32. The average Bonchev–Trinajstić information content (AvgIpc) is 3.09. The van der Waals surface area contributed by atoms with Crippen LogP contribution in [0, 0.1) is 5.92 Å². The lowest BCUT2D eigenvalue weighted by Crippen LogP contribution is -2.52. The average molecular weight is 482 g/mol. The number of piperidine rings is 1. The second-order valence-electron chi connectivity index (χ2n) is 8.51. The number of ether oxygens (including phenoxy) is 3. The summed E-state index contributed by atoms with van der Waals surface area (Å²) in [5.41, 5.74) is 0. The van der Waals surface area contributed by atoms with E-state index in [1.54, 1.807) is 17.9 Å². The van der Waals surface area contributed by atoms with Crippen molar-refractivity contribution in [1.82, 2.24) is 14.5 Å².